The molecule has 1 amide bonds. The van der Waals surface area contributed by atoms with Gasteiger partial charge in [0.15, 0.2) is 5.96 Å². The first kappa shape index (κ1) is 22.2. The van der Waals surface area contributed by atoms with E-state index in [-0.39, 0.29) is 11.9 Å². The number of aliphatic imine (C=N–C) groups is 1. The third-order valence-corrected chi connectivity index (χ3v) is 5.37. The van der Waals surface area contributed by atoms with Crippen molar-refractivity contribution in [2.75, 3.05) is 39.3 Å². The van der Waals surface area contributed by atoms with Crippen LogP contribution in [-0.4, -0.2) is 56.0 Å². The highest BCUT2D eigenvalue weighted by Gasteiger charge is 2.25. The zero-order chi connectivity index (χ0) is 21.2. The molecule has 7 nitrogen and oxygen atoms in total. The third kappa shape index (κ3) is 6.24. The molecule has 1 unspecified atom stereocenters. The molecule has 0 saturated carbocycles. The van der Waals surface area contributed by atoms with Crippen molar-refractivity contribution in [3.63, 3.8) is 0 Å². The predicted molar refractivity (Wildman–Crippen MR) is 120 cm³/mol. The van der Waals surface area contributed by atoms with Gasteiger partial charge in [0, 0.05) is 19.6 Å². The molecule has 0 radical (unpaired) electrons. The Hall–Kier alpha value is -2.51. The van der Waals surface area contributed by atoms with E-state index in [1.165, 1.54) is 12.8 Å². The molecule has 0 bridgehead atoms. The lowest BCUT2D eigenvalue weighted by atomic mass is 10.2. The molecule has 8 heteroatoms. The van der Waals surface area contributed by atoms with Crippen LogP contribution < -0.4 is 16.0 Å². The Balaban J connectivity index is 1.52. The minimum atomic E-state index is -0.184. The van der Waals surface area contributed by atoms with Gasteiger partial charge in [0.05, 0.1) is 29.4 Å². The van der Waals surface area contributed by atoms with Crippen molar-refractivity contribution < 1.29 is 9.21 Å². The van der Waals surface area contributed by atoms with Crippen LogP contribution >= 0.6 is 11.6 Å². The summed E-state index contributed by atoms with van der Waals surface area (Å²) in [5.74, 6) is 1.49. The molecule has 0 spiro atoms. The van der Waals surface area contributed by atoms with Crippen molar-refractivity contribution >= 4 is 23.5 Å². The molecule has 1 saturated heterocycles. The number of carbonyl (C=O) groups is 1. The van der Waals surface area contributed by atoms with E-state index in [1.807, 2.05) is 19.1 Å². The Morgan fingerprint density at radius 2 is 1.90 bits per heavy atom. The summed E-state index contributed by atoms with van der Waals surface area (Å²) >= 11 is 6.07. The van der Waals surface area contributed by atoms with Gasteiger partial charge in [0.1, 0.15) is 5.76 Å². The second-order valence-corrected chi connectivity index (χ2v) is 7.56. The van der Waals surface area contributed by atoms with Crippen LogP contribution in [-0.2, 0) is 0 Å². The first-order valence-corrected chi connectivity index (χ1v) is 10.9. The molecule has 1 aromatic carbocycles. The van der Waals surface area contributed by atoms with E-state index in [1.54, 1.807) is 30.5 Å². The number of likely N-dealkylation sites (tertiary alicyclic amines) is 1. The van der Waals surface area contributed by atoms with Crippen LogP contribution in [0.4, 0.5) is 0 Å². The molecule has 1 aliphatic heterocycles. The Labute approximate surface area is 182 Å². The minimum absolute atomic E-state index is 0.137. The van der Waals surface area contributed by atoms with Gasteiger partial charge >= 0.3 is 0 Å². The van der Waals surface area contributed by atoms with E-state index in [0.29, 0.717) is 30.2 Å². The molecule has 3 rings (SSSR count). The molecule has 1 atom stereocenters. The van der Waals surface area contributed by atoms with Crippen molar-refractivity contribution in [2.24, 2.45) is 4.99 Å². The molecule has 3 N–H and O–H groups in total. The lowest BCUT2D eigenvalue weighted by Crippen LogP contribution is -2.42. The summed E-state index contributed by atoms with van der Waals surface area (Å²) in [6.45, 7) is 6.54. The Kier molecular flexibility index (Phi) is 8.59. The van der Waals surface area contributed by atoms with Crippen molar-refractivity contribution in [1.82, 2.24) is 20.9 Å². The van der Waals surface area contributed by atoms with E-state index >= 15 is 0 Å². The van der Waals surface area contributed by atoms with Gasteiger partial charge in [-0.15, -0.1) is 0 Å². The fourth-order valence-corrected chi connectivity index (χ4v) is 3.76. The normalized spacial score (nSPS) is 15.7. The van der Waals surface area contributed by atoms with Crippen molar-refractivity contribution in [3.05, 3.63) is 59.0 Å². The van der Waals surface area contributed by atoms with Crippen LogP contribution in [0.3, 0.4) is 0 Å². The molecule has 2 aromatic rings. The number of benzene rings is 1. The van der Waals surface area contributed by atoms with Crippen LogP contribution in [0, 0.1) is 0 Å². The lowest BCUT2D eigenvalue weighted by molar-refractivity contribution is 0.0954. The molecule has 30 heavy (non-hydrogen) atoms. The molecule has 1 aliphatic rings. The van der Waals surface area contributed by atoms with E-state index in [4.69, 9.17) is 21.0 Å². The first-order valence-electron chi connectivity index (χ1n) is 10.5. The van der Waals surface area contributed by atoms with Crippen LogP contribution in [0.15, 0.2) is 52.1 Å². The van der Waals surface area contributed by atoms with Gasteiger partial charge in [0.25, 0.3) is 5.91 Å². The van der Waals surface area contributed by atoms with E-state index in [0.717, 1.165) is 31.4 Å². The minimum Gasteiger partial charge on any atom is -0.468 e. The number of rotatable bonds is 9. The summed E-state index contributed by atoms with van der Waals surface area (Å²) in [7, 11) is 0. The number of amides is 1. The summed E-state index contributed by atoms with van der Waals surface area (Å²) in [5, 5.41) is 9.86. The Morgan fingerprint density at radius 1 is 1.13 bits per heavy atom. The fourth-order valence-electron chi connectivity index (χ4n) is 3.54. The number of nitrogens with zero attached hydrogens (tertiary/aromatic N) is 2. The van der Waals surface area contributed by atoms with Crippen molar-refractivity contribution in [2.45, 2.75) is 25.8 Å². The van der Waals surface area contributed by atoms with Crippen molar-refractivity contribution in [1.29, 1.82) is 0 Å². The number of hydrogen-bond acceptors (Lipinski definition) is 4. The second kappa shape index (κ2) is 11.6. The third-order valence-electron chi connectivity index (χ3n) is 5.04. The molecule has 2 heterocycles. The largest absolute Gasteiger partial charge is 0.468 e. The SMILES string of the molecule is CCNC(=NCC(c1ccco1)N1CCCC1)NCCNC(=O)c1ccccc1Cl. The van der Waals surface area contributed by atoms with E-state index in [9.17, 15) is 4.79 Å². The maximum absolute atomic E-state index is 12.2. The van der Waals surface area contributed by atoms with Gasteiger partial charge < -0.3 is 20.4 Å². The van der Waals surface area contributed by atoms with Gasteiger partial charge in [-0.1, -0.05) is 23.7 Å². The zero-order valence-corrected chi connectivity index (χ0v) is 18.1. The summed E-state index contributed by atoms with van der Waals surface area (Å²) in [6.07, 6.45) is 4.14. The van der Waals surface area contributed by atoms with Gasteiger partial charge in [-0.05, 0) is 57.1 Å². The summed E-state index contributed by atoms with van der Waals surface area (Å²) in [4.78, 5) is 19.4. The quantitative estimate of drug-likeness (QED) is 0.323. The summed E-state index contributed by atoms with van der Waals surface area (Å²) in [5.41, 5.74) is 0.478. The van der Waals surface area contributed by atoms with Crippen molar-refractivity contribution in [3.8, 4) is 0 Å². The highest BCUT2D eigenvalue weighted by molar-refractivity contribution is 6.33. The highest BCUT2D eigenvalue weighted by atomic mass is 35.5. The predicted octanol–water partition coefficient (Wildman–Crippen LogP) is 3.06. The van der Waals surface area contributed by atoms with E-state index in [2.05, 4.69) is 20.9 Å². The Bertz CT molecular complexity index is 819. The standard InChI is InChI=1S/C22H30ClN5O2/c1-2-24-22(26-12-11-25-21(29)17-8-3-4-9-18(17)23)27-16-19(20-10-7-15-30-20)28-13-5-6-14-28/h3-4,7-10,15,19H,2,5-6,11-14,16H2,1H3,(H,25,29)(H2,24,26,27). The maximum atomic E-state index is 12.2. The number of hydrogen-bond donors (Lipinski definition) is 3. The first-order chi connectivity index (χ1) is 14.7. The molecule has 162 valence electrons. The monoisotopic (exact) mass is 431 g/mol. The van der Waals surface area contributed by atoms with Gasteiger partial charge in [0.2, 0.25) is 0 Å². The van der Waals surface area contributed by atoms with Gasteiger partial charge in [-0.25, -0.2) is 0 Å². The lowest BCUT2D eigenvalue weighted by Gasteiger charge is -2.24. The van der Waals surface area contributed by atoms with Crippen LogP contribution in [0.5, 0.6) is 0 Å². The summed E-state index contributed by atoms with van der Waals surface area (Å²) in [6, 6.07) is 11.1. The van der Waals surface area contributed by atoms with Gasteiger partial charge in [-0.3, -0.25) is 14.7 Å². The number of guanidine groups is 1. The maximum Gasteiger partial charge on any atom is 0.252 e. The second-order valence-electron chi connectivity index (χ2n) is 7.16. The Morgan fingerprint density at radius 3 is 2.60 bits per heavy atom. The number of furan rings is 1. The van der Waals surface area contributed by atoms with Crippen LogP contribution in [0.2, 0.25) is 5.02 Å². The molecule has 1 aromatic heterocycles. The fraction of sp³-hybridized carbons (Fsp3) is 0.455. The topological polar surface area (TPSA) is 81.9 Å². The number of halogens is 1. The highest BCUT2D eigenvalue weighted by Crippen LogP contribution is 2.25. The molecule has 1 fully saturated rings. The number of nitrogens with one attached hydrogen (secondary N) is 3. The molecular formula is C22H30ClN5O2. The zero-order valence-electron chi connectivity index (χ0n) is 17.4. The smallest absolute Gasteiger partial charge is 0.252 e. The summed E-state index contributed by atoms with van der Waals surface area (Å²) < 4.78 is 5.67. The van der Waals surface area contributed by atoms with E-state index < -0.39 is 0 Å². The van der Waals surface area contributed by atoms with Crippen LogP contribution in [0.25, 0.3) is 0 Å². The average molecular weight is 432 g/mol. The van der Waals surface area contributed by atoms with Gasteiger partial charge in [-0.2, -0.15) is 0 Å². The number of carbonyl (C=O) groups excluding carboxylic acids is 1. The molecule has 0 aliphatic carbocycles. The average Bonchev–Trinajstić information content (AvgIpc) is 3.46. The molecular weight excluding hydrogens is 402 g/mol. The van der Waals surface area contributed by atoms with Crippen LogP contribution in [0.1, 0.15) is 41.9 Å².